The first-order chi connectivity index (χ1) is 13.7. The van der Waals surface area contributed by atoms with Crippen LogP contribution in [0.4, 0.5) is 0 Å². The summed E-state index contributed by atoms with van der Waals surface area (Å²) in [5.41, 5.74) is 0.673. The lowest BCUT2D eigenvalue weighted by molar-refractivity contribution is -0.695. The lowest BCUT2D eigenvalue weighted by atomic mass is 9.96. The van der Waals surface area contributed by atoms with E-state index in [4.69, 9.17) is 4.42 Å². The minimum Gasteiger partial charge on any atom is -0.503 e. The number of Topliss-reactive ketones (excluding diaryl/α,β-unsaturated/α-hetero) is 1. The molecule has 28 heavy (non-hydrogen) atoms. The van der Waals surface area contributed by atoms with Gasteiger partial charge in [0.05, 0.1) is 24.4 Å². The van der Waals surface area contributed by atoms with Crippen molar-refractivity contribution < 1.29 is 23.7 Å². The number of aromatic amines is 1. The van der Waals surface area contributed by atoms with Crippen LogP contribution in [-0.2, 0) is 11.3 Å². The first-order valence-electron chi connectivity index (χ1n) is 8.91. The molecule has 3 aromatic heterocycles. The van der Waals surface area contributed by atoms with Crippen LogP contribution in [0.25, 0.3) is 0 Å². The number of ketones is 1. The van der Waals surface area contributed by atoms with Gasteiger partial charge in [0.15, 0.2) is 11.5 Å². The molecule has 0 saturated heterocycles. The number of pyridine rings is 1. The van der Waals surface area contributed by atoms with E-state index in [1.165, 1.54) is 17.2 Å². The number of carbonyl (C=O) groups is 2. The number of nitrogens with zero attached hydrogens (tertiary/aromatic N) is 3. The SMILES string of the molecule is O=C(C1=C(O)C(=O)N(CCC[n+]2cc[nH]c2)C1c1cccnc1)c1ccco1. The second-order valence-electron chi connectivity index (χ2n) is 6.46. The van der Waals surface area contributed by atoms with Gasteiger partial charge in [-0.3, -0.25) is 19.6 Å². The maximum atomic E-state index is 12.9. The number of aliphatic hydroxyl groups is 1. The number of rotatable bonds is 7. The van der Waals surface area contributed by atoms with Gasteiger partial charge in [0.25, 0.3) is 5.91 Å². The van der Waals surface area contributed by atoms with Crippen LogP contribution in [0, 0.1) is 0 Å². The van der Waals surface area contributed by atoms with E-state index in [1.807, 2.05) is 23.3 Å². The molecule has 0 saturated carbocycles. The highest BCUT2D eigenvalue weighted by atomic mass is 16.3. The molecule has 0 aliphatic carbocycles. The third-order valence-electron chi connectivity index (χ3n) is 4.71. The number of hydrogen-bond acceptors (Lipinski definition) is 5. The minimum atomic E-state index is -0.713. The number of aryl methyl sites for hydroxylation is 1. The highest BCUT2D eigenvalue weighted by molar-refractivity contribution is 6.14. The molecular formula is C20H19N4O4+. The highest BCUT2D eigenvalue weighted by Crippen LogP contribution is 2.38. The Morgan fingerprint density at radius 1 is 1.36 bits per heavy atom. The molecule has 1 unspecified atom stereocenters. The molecule has 0 spiro atoms. The monoisotopic (exact) mass is 379 g/mol. The van der Waals surface area contributed by atoms with Crippen LogP contribution >= 0.6 is 0 Å². The molecule has 8 heteroatoms. The first kappa shape index (κ1) is 17.7. The summed E-state index contributed by atoms with van der Waals surface area (Å²) in [5, 5.41) is 10.5. The first-order valence-corrected chi connectivity index (χ1v) is 8.91. The third-order valence-corrected chi connectivity index (χ3v) is 4.71. The Morgan fingerprint density at radius 2 is 2.25 bits per heavy atom. The predicted molar refractivity (Wildman–Crippen MR) is 97.0 cm³/mol. The molecule has 0 aromatic carbocycles. The van der Waals surface area contributed by atoms with E-state index < -0.39 is 23.5 Å². The van der Waals surface area contributed by atoms with Crippen LogP contribution in [0.1, 0.15) is 28.6 Å². The Balaban J connectivity index is 1.64. The van der Waals surface area contributed by atoms with Gasteiger partial charge in [-0.25, -0.2) is 4.57 Å². The van der Waals surface area contributed by atoms with Crippen molar-refractivity contribution in [2.45, 2.75) is 19.0 Å². The number of H-pyrrole nitrogens is 1. The lowest BCUT2D eigenvalue weighted by Gasteiger charge is -2.26. The van der Waals surface area contributed by atoms with Gasteiger partial charge in [-0.2, -0.15) is 0 Å². The van der Waals surface area contributed by atoms with Crippen LogP contribution in [0.2, 0.25) is 0 Å². The Kier molecular flexibility index (Phi) is 4.76. The Hall–Kier alpha value is -3.68. The molecule has 0 radical (unpaired) electrons. The molecule has 0 bridgehead atoms. The molecule has 8 nitrogen and oxygen atoms in total. The summed E-state index contributed by atoms with van der Waals surface area (Å²) in [5.74, 6) is -1.53. The number of amides is 1. The zero-order valence-corrected chi connectivity index (χ0v) is 15.0. The Labute approximate surface area is 160 Å². The van der Waals surface area contributed by atoms with Crippen LogP contribution in [-0.4, -0.2) is 38.2 Å². The van der Waals surface area contributed by atoms with Crippen molar-refractivity contribution >= 4 is 11.7 Å². The molecule has 1 amide bonds. The zero-order chi connectivity index (χ0) is 19.5. The van der Waals surface area contributed by atoms with Gasteiger partial charge in [0, 0.05) is 25.4 Å². The van der Waals surface area contributed by atoms with Gasteiger partial charge in [0.2, 0.25) is 12.1 Å². The molecule has 4 rings (SSSR count). The fourth-order valence-corrected chi connectivity index (χ4v) is 3.42. The van der Waals surface area contributed by atoms with Gasteiger partial charge < -0.3 is 14.4 Å². The average Bonchev–Trinajstić information content (AvgIpc) is 3.46. The topological polar surface area (TPSA) is 103 Å². The van der Waals surface area contributed by atoms with Gasteiger partial charge in [-0.1, -0.05) is 6.07 Å². The zero-order valence-electron chi connectivity index (χ0n) is 15.0. The second kappa shape index (κ2) is 7.51. The van der Waals surface area contributed by atoms with E-state index in [1.54, 1.807) is 30.6 Å². The van der Waals surface area contributed by atoms with Crippen molar-refractivity contribution in [3.63, 3.8) is 0 Å². The van der Waals surface area contributed by atoms with Gasteiger partial charge >= 0.3 is 0 Å². The Morgan fingerprint density at radius 3 is 2.93 bits per heavy atom. The van der Waals surface area contributed by atoms with Crippen LogP contribution in [0.15, 0.2) is 77.4 Å². The molecule has 4 heterocycles. The second-order valence-corrected chi connectivity index (χ2v) is 6.46. The van der Waals surface area contributed by atoms with E-state index in [0.717, 1.165) is 0 Å². The van der Waals surface area contributed by atoms with Crippen LogP contribution in [0.3, 0.4) is 0 Å². The molecule has 1 atom stereocenters. The molecule has 0 fully saturated rings. The van der Waals surface area contributed by atoms with Gasteiger partial charge in [-0.05, 0) is 23.8 Å². The largest absolute Gasteiger partial charge is 0.503 e. The molecule has 2 N–H and O–H groups in total. The number of carbonyl (C=O) groups excluding carboxylic acids is 2. The maximum absolute atomic E-state index is 12.9. The summed E-state index contributed by atoms with van der Waals surface area (Å²) >= 11 is 0. The molecule has 3 aromatic rings. The van der Waals surface area contributed by atoms with E-state index in [0.29, 0.717) is 25.1 Å². The summed E-state index contributed by atoms with van der Waals surface area (Å²) in [6.07, 6.45) is 10.8. The van der Waals surface area contributed by atoms with Crippen molar-refractivity contribution in [2.24, 2.45) is 0 Å². The Bertz CT molecular complexity index is 994. The predicted octanol–water partition coefficient (Wildman–Crippen LogP) is 1.96. The molecular weight excluding hydrogens is 360 g/mol. The quantitative estimate of drug-likeness (QED) is 0.482. The van der Waals surface area contributed by atoms with Crippen molar-refractivity contribution in [1.82, 2.24) is 14.9 Å². The third kappa shape index (κ3) is 3.20. The van der Waals surface area contributed by atoms with Crippen molar-refractivity contribution in [3.8, 4) is 0 Å². The molecule has 142 valence electrons. The van der Waals surface area contributed by atoms with E-state index in [2.05, 4.69) is 9.97 Å². The van der Waals surface area contributed by atoms with E-state index >= 15 is 0 Å². The van der Waals surface area contributed by atoms with E-state index in [-0.39, 0.29) is 11.3 Å². The lowest BCUT2D eigenvalue weighted by Crippen LogP contribution is -2.36. The number of aromatic nitrogens is 3. The smallest absolute Gasteiger partial charge is 0.290 e. The fourth-order valence-electron chi connectivity index (χ4n) is 3.42. The minimum absolute atomic E-state index is 0.0160. The number of imidazole rings is 1. The van der Waals surface area contributed by atoms with Gasteiger partial charge in [0.1, 0.15) is 12.4 Å². The molecule has 1 aliphatic rings. The number of furan rings is 1. The van der Waals surface area contributed by atoms with Gasteiger partial charge in [-0.15, -0.1) is 0 Å². The normalized spacial score (nSPS) is 16.8. The average molecular weight is 379 g/mol. The summed E-state index contributed by atoms with van der Waals surface area (Å²) in [7, 11) is 0. The summed E-state index contributed by atoms with van der Waals surface area (Å²) in [4.78, 5) is 34.3. The standard InChI is InChI=1S/C20H18N4O4/c25-18(15-5-2-11-28-15)16-17(14-4-1-6-21-12-14)24(20(27)19(16)26)9-3-8-23-10-7-22-13-23/h1-2,4-7,10-13,17H,3,8-9H2,(H,25,26)/p+1. The van der Waals surface area contributed by atoms with Crippen molar-refractivity contribution in [2.75, 3.05) is 6.54 Å². The van der Waals surface area contributed by atoms with Crippen LogP contribution < -0.4 is 4.57 Å². The van der Waals surface area contributed by atoms with Crippen molar-refractivity contribution in [1.29, 1.82) is 0 Å². The number of hydrogen-bond donors (Lipinski definition) is 2. The van der Waals surface area contributed by atoms with E-state index in [9.17, 15) is 14.7 Å². The fraction of sp³-hybridized carbons (Fsp3) is 0.200. The highest BCUT2D eigenvalue weighted by Gasteiger charge is 2.44. The maximum Gasteiger partial charge on any atom is 0.290 e. The number of nitrogens with one attached hydrogen (secondary N) is 1. The van der Waals surface area contributed by atoms with Crippen molar-refractivity contribution in [3.05, 3.63) is 84.3 Å². The summed E-state index contributed by atoms with van der Waals surface area (Å²) < 4.78 is 7.15. The molecule has 1 aliphatic heterocycles. The number of aliphatic hydroxyl groups excluding tert-OH is 1. The summed E-state index contributed by atoms with van der Waals surface area (Å²) in [6, 6.07) is 5.91. The summed E-state index contributed by atoms with van der Waals surface area (Å²) in [6.45, 7) is 1.06. The van der Waals surface area contributed by atoms with Crippen LogP contribution in [0.5, 0.6) is 0 Å².